The molecule has 1 aliphatic rings. The Morgan fingerprint density at radius 1 is 0.529 bits per heavy atom. The van der Waals surface area contributed by atoms with Crippen LogP contribution in [0, 0.1) is 0 Å². The predicted molar refractivity (Wildman–Crippen MR) is 261 cm³/mol. The van der Waals surface area contributed by atoms with Crippen molar-refractivity contribution in [2.24, 2.45) is 0 Å². The molecule has 1 aliphatic carbocycles. The van der Waals surface area contributed by atoms with E-state index in [0.29, 0.717) is 25.7 Å². The molecule has 5 unspecified atom stereocenters. The number of allylic oxidation sites excluding steroid dienone is 14. The zero-order chi connectivity index (χ0) is 50.5. The van der Waals surface area contributed by atoms with Crippen molar-refractivity contribution in [1.29, 1.82) is 0 Å². The van der Waals surface area contributed by atoms with Gasteiger partial charge in [-0.1, -0.05) is 124 Å². The van der Waals surface area contributed by atoms with Crippen LogP contribution in [0.1, 0.15) is 149 Å². The van der Waals surface area contributed by atoms with Crippen LogP contribution < -0.4 is 0 Å². The third-order valence-electron chi connectivity index (χ3n) is 10.5. The van der Waals surface area contributed by atoms with Gasteiger partial charge in [-0.05, 0) is 96.8 Å². The zero-order valence-corrected chi connectivity index (χ0v) is 41.9. The molecule has 1 fully saturated rings. The van der Waals surface area contributed by atoms with E-state index in [2.05, 4.69) is 66.1 Å². The molecule has 390 valence electrons. The fourth-order valence-corrected chi connectivity index (χ4v) is 8.24. The average molecular weight is 1010 g/mol. The molecule has 0 aromatic carbocycles. The van der Waals surface area contributed by atoms with Crippen molar-refractivity contribution in [1.82, 2.24) is 0 Å². The van der Waals surface area contributed by atoms with E-state index in [0.717, 1.165) is 57.8 Å². The lowest BCUT2D eigenvalue weighted by Crippen LogP contribution is -2.64. The van der Waals surface area contributed by atoms with Crippen LogP contribution in [0.15, 0.2) is 85.1 Å². The Kier molecular flexibility index (Phi) is 36.1. The van der Waals surface area contributed by atoms with E-state index < -0.39 is 83.5 Å². The van der Waals surface area contributed by atoms with Gasteiger partial charge in [-0.15, -0.1) is 0 Å². The lowest BCUT2D eigenvalue weighted by molar-refractivity contribution is -0.216. The van der Waals surface area contributed by atoms with E-state index in [9.17, 15) is 58.9 Å². The summed E-state index contributed by atoms with van der Waals surface area (Å²) in [6, 6.07) is 0. The minimum atomic E-state index is -5.38. The third-order valence-corrected chi connectivity index (χ3v) is 12.0. The number of unbranched alkanes of at least 4 members (excludes halogenated alkanes) is 9. The Bertz CT molecular complexity index is 1650. The molecule has 0 bridgehead atoms. The SMILES string of the molecule is CCCCCCCC/C=C\C/C=C\C/C=C\CCCC(=O)O[C@H](COC(=O)CCC/C=C\C/C=C\C/C=C\C/C=C\CCC[C@@H](C)O)COP(=O)(O)O[C@H]1C(O)C(O)C(O)[C@@H](OP(=O)(O)O)C1O. The van der Waals surface area contributed by atoms with Crippen molar-refractivity contribution in [3.8, 4) is 0 Å². The van der Waals surface area contributed by atoms with E-state index >= 15 is 0 Å². The molecule has 17 nitrogen and oxygen atoms in total. The molecular weight excluding hydrogens is 922 g/mol. The number of hydrogen-bond acceptors (Lipinski definition) is 14. The molecule has 0 saturated heterocycles. The van der Waals surface area contributed by atoms with E-state index in [1.54, 1.807) is 6.92 Å². The number of aliphatic hydroxyl groups excluding tert-OH is 5. The number of esters is 2. The Morgan fingerprint density at radius 3 is 1.44 bits per heavy atom. The fourth-order valence-electron chi connectivity index (χ4n) is 6.70. The predicted octanol–water partition coefficient (Wildman–Crippen LogP) is 8.36. The monoisotopic (exact) mass is 1000 g/mol. The van der Waals surface area contributed by atoms with Gasteiger partial charge >= 0.3 is 27.6 Å². The summed E-state index contributed by atoms with van der Waals surface area (Å²) in [5.41, 5.74) is 0. The van der Waals surface area contributed by atoms with Crippen LogP contribution in [0.4, 0.5) is 0 Å². The Hall–Kier alpha value is -2.86. The first-order valence-electron chi connectivity index (χ1n) is 24.2. The zero-order valence-electron chi connectivity index (χ0n) is 40.1. The van der Waals surface area contributed by atoms with Crippen molar-refractivity contribution in [3.05, 3.63) is 85.1 Å². The minimum Gasteiger partial charge on any atom is -0.462 e. The first-order valence-corrected chi connectivity index (χ1v) is 27.2. The largest absolute Gasteiger partial charge is 0.472 e. The van der Waals surface area contributed by atoms with Crippen molar-refractivity contribution in [2.75, 3.05) is 13.2 Å². The molecule has 0 aromatic heterocycles. The number of phosphoric ester groups is 2. The third kappa shape index (κ3) is 33.6. The number of aliphatic hydroxyl groups is 5. The molecule has 1 saturated carbocycles. The summed E-state index contributed by atoms with van der Waals surface area (Å²) in [5.74, 6) is -1.36. The van der Waals surface area contributed by atoms with Crippen LogP contribution in [0.5, 0.6) is 0 Å². The lowest BCUT2D eigenvalue weighted by atomic mass is 9.85. The molecule has 9 atom stereocenters. The van der Waals surface area contributed by atoms with E-state index in [4.69, 9.17) is 18.5 Å². The fraction of sp³-hybridized carbons (Fsp3) is 0.673. The van der Waals surface area contributed by atoms with Gasteiger partial charge in [0.25, 0.3) is 0 Å². The van der Waals surface area contributed by atoms with Gasteiger partial charge in [-0.25, -0.2) is 9.13 Å². The maximum absolute atomic E-state index is 13.0. The summed E-state index contributed by atoms with van der Waals surface area (Å²) < 4.78 is 49.2. The summed E-state index contributed by atoms with van der Waals surface area (Å²) in [6.07, 6.45) is 31.1. The second-order valence-corrected chi connectivity index (χ2v) is 19.3. The number of hydrogen-bond donors (Lipinski definition) is 8. The van der Waals surface area contributed by atoms with E-state index in [-0.39, 0.29) is 18.9 Å². The normalized spacial score (nSPS) is 22.4. The second-order valence-electron chi connectivity index (χ2n) is 16.8. The molecule has 0 heterocycles. The summed E-state index contributed by atoms with van der Waals surface area (Å²) in [7, 11) is -10.7. The Morgan fingerprint density at radius 2 is 0.956 bits per heavy atom. The van der Waals surface area contributed by atoms with Crippen LogP contribution >= 0.6 is 15.6 Å². The average Bonchev–Trinajstić information content (AvgIpc) is 3.28. The second kappa shape index (κ2) is 38.8. The van der Waals surface area contributed by atoms with Crippen molar-refractivity contribution in [2.45, 2.75) is 198 Å². The van der Waals surface area contributed by atoms with Gasteiger partial charge in [0, 0.05) is 12.8 Å². The highest BCUT2D eigenvalue weighted by Crippen LogP contribution is 2.49. The molecule has 0 radical (unpaired) electrons. The molecule has 0 spiro atoms. The quantitative estimate of drug-likeness (QED) is 0.0124. The first-order chi connectivity index (χ1) is 32.5. The first kappa shape index (κ1) is 63.2. The molecule has 8 N–H and O–H groups in total. The highest BCUT2D eigenvalue weighted by Gasteiger charge is 2.54. The van der Waals surface area contributed by atoms with E-state index in [1.165, 1.54) is 38.5 Å². The van der Waals surface area contributed by atoms with Gasteiger partial charge in [0.1, 0.15) is 43.2 Å². The molecule has 68 heavy (non-hydrogen) atoms. The highest BCUT2D eigenvalue weighted by molar-refractivity contribution is 7.47. The lowest BCUT2D eigenvalue weighted by Gasteiger charge is -2.43. The number of phosphoric acid groups is 2. The molecule has 0 amide bonds. The number of ether oxygens (including phenoxy) is 2. The van der Waals surface area contributed by atoms with Gasteiger partial charge in [-0.2, -0.15) is 0 Å². The Balaban J connectivity index is 2.66. The molecular formula is C49H82O17P2. The van der Waals surface area contributed by atoms with Gasteiger partial charge in [0.05, 0.1) is 12.7 Å². The van der Waals surface area contributed by atoms with Crippen LogP contribution in [0.3, 0.4) is 0 Å². The molecule has 1 rings (SSSR count). The maximum Gasteiger partial charge on any atom is 0.472 e. The summed E-state index contributed by atoms with van der Waals surface area (Å²) >= 11 is 0. The van der Waals surface area contributed by atoms with Gasteiger partial charge in [0.15, 0.2) is 6.10 Å². The number of carbonyl (C=O) groups is 2. The summed E-state index contributed by atoms with van der Waals surface area (Å²) in [4.78, 5) is 54.3. The van der Waals surface area contributed by atoms with Crippen LogP contribution in [-0.2, 0) is 41.8 Å². The smallest absolute Gasteiger partial charge is 0.462 e. The number of carbonyl (C=O) groups excluding carboxylic acids is 2. The van der Waals surface area contributed by atoms with Crippen LogP contribution in [0.25, 0.3) is 0 Å². The van der Waals surface area contributed by atoms with Crippen molar-refractivity contribution < 1.29 is 82.0 Å². The van der Waals surface area contributed by atoms with Gasteiger partial charge in [-0.3, -0.25) is 23.2 Å². The van der Waals surface area contributed by atoms with Crippen molar-refractivity contribution >= 4 is 27.6 Å². The van der Waals surface area contributed by atoms with Gasteiger partial charge < -0.3 is 49.7 Å². The standard InChI is InChI=1S/C49H82O17P2/c1-3-4-5-6-7-8-9-10-11-12-15-19-22-25-28-31-34-37-43(52)64-41(39-63-68(60,61)66-49-46(55)44(53)45(54)48(47(49)56)65-67(57,58)59)38-62-42(51)36-33-30-27-24-21-18-16-13-14-17-20-23-26-29-32-35-40(2)50/h10-11,14-19,23-28,40-41,44-50,53-56H,3-9,12-13,20-22,29-39H2,1-2H3,(H,60,61)(H2,57,58,59)/b11-10-,17-14-,18-16-,19-15-,26-23-,27-24-,28-25-/t40-,41-,44?,45?,46?,47?,48-,49+/m1/s1. The van der Waals surface area contributed by atoms with Crippen molar-refractivity contribution in [3.63, 3.8) is 0 Å². The minimum absolute atomic E-state index is 0.0179. The molecule has 0 aromatic rings. The maximum atomic E-state index is 13.0. The van der Waals surface area contributed by atoms with Crippen LogP contribution in [-0.4, -0.2) is 114 Å². The highest BCUT2D eigenvalue weighted by atomic mass is 31.2. The summed E-state index contributed by atoms with van der Waals surface area (Å²) in [6.45, 7) is 2.56. The van der Waals surface area contributed by atoms with E-state index in [1.807, 2.05) is 30.4 Å². The van der Waals surface area contributed by atoms with Crippen LogP contribution in [0.2, 0.25) is 0 Å². The number of rotatable bonds is 39. The Labute approximate surface area is 404 Å². The topological polar surface area (TPSA) is 276 Å². The summed E-state index contributed by atoms with van der Waals surface area (Å²) in [5, 5.41) is 50.5. The van der Waals surface area contributed by atoms with Gasteiger partial charge in [0.2, 0.25) is 0 Å². The molecule has 19 heteroatoms. The molecule has 0 aliphatic heterocycles.